The topological polar surface area (TPSA) is 35.5 Å². The zero-order chi connectivity index (χ0) is 14.3. The van der Waals surface area contributed by atoms with Crippen molar-refractivity contribution < 1.29 is 14.3 Å². The second-order valence-corrected chi connectivity index (χ2v) is 6.29. The molecule has 20 heavy (non-hydrogen) atoms. The van der Waals surface area contributed by atoms with Gasteiger partial charge in [0.15, 0.2) is 5.78 Å². The molecule has 3 nitrogen and oxygen atoms in total. The Bertz CT molecular complexity index is 287. The molecule has 0 aromatic carbocycles. The first-order chi connectivity index (χ1) is 9.77. The van der Waals surface area contributed by atoms with Crippen LogP contribution in [0.5, 0.6) is 0 Å². The molecule has 1 atom stereocenters. The van der Waals surface area contributed by atoms with Crippen molar-refractivity contribution in [3.05, 3.63) is 0 Å². The molecular formula is C17H30O3. The summed E-state index contributed by atoms with van der Waals surface area (Å²) in [7, 11) is 0. The Balaban J connectivity index is 1.82. The van der Waals surface area contributed by atoms with Crippen molar-refractivity contribution in [2.45, 2.75) is 89.3 Å². The molecule has 2 rings (SSSR count). The van der Waals surface area contributed by atoms with Crippen LogP contribution >= 0.6 is 0 Å². The maximum absolute atomic E-state index is 12.7. The van der Waals surface area contributed by atoms with Gasteiger partial charge in [-0.05, 0) is 45.4 Å². The second kappa shape index (κ2) is 8.14. The van der Waals surface area contributed by atoms with Crippen LogP contribution in [-0.4, -0.2) is 30.7 Å². The maximum Gasteiger partial charge on any atom is 0.164 e. The molecule has 2 fully saturated rings. The van der Waals surface area contributed by atoms with E-state index >= 15 is 0 Å². The Morgan fingerprint density at radius 3 is 2.55 bits per heavy atom. The number of ketones is 1. The minimum absolute atomic E-state index is 0.347. The lowest BCUT2D eigenvalue weighted by molar-refractivity contribution is -0.146. The Morgan fingerprint density at radius 1 is 1.20 bits per heavy atom. The summed E-state index contributed by atoms with van der Waals surface area (Å²) in [5.74, 6) is 0.347. The molecular weight excluding hydrogens is 252 g/mol. The molecule has 0 radical (unpaired) electrons. The van der Waals surface area contributed by atoms with E-state index in [1.54, 1.807) is 0 Å². The zero-order valence-corrected chi connectivity index (χ0v) is 13.0. The van der Waals surface area contributed by atoms with Crippen molar-refractivity contribution in [2.24, 2.45) is 0 Å². The molecule has 1 saturated heterocycles. The summed E-state index contributed by atoms with van der Waals surface area (Å²) in [6.45, 7) is 3.56. The molecule has 1 aliphatic heterocycles. The number of hydrogen-bond donors (Lipinski definition) is 0. The van der Waals surface area contributed by atoms with Gasteiger partial charge in [0.1, 0.15) is 5.60 Å². The van der Waals surface area contributed by atoms with Gasteiger partial charge in [-0.1, -0.05) is 25.7 Å². The molecule has 1 saturated carbocycles. The van der Waals surface area contributed by atoms with Gasteiger partial charge in [0.25, 0.3) is 0 Å². The third-order valence-electron chi connectivity index (χ3n) is 4.79. The van der Waals surface area contributed by atoms with E-state index in [9.17, 15) is 4.79 Å². The average molecular weight is 282 g/mol. The summed E-state index contributed by atoms with van der Waals surface area (Å²) < 4.78 is 11.6. The number of rotatable bonds is 7. The first kappa shape index (κ1) is 16.0. The quantitative estimate of drug-likeness (QED) is 0.661. The molecule has 2 aliphatic rings. The van der Waals surface area contributed by atoms with Gasteiger partial charge in [-0.2, -0.15) is 0 Å². The number of carbonyl (C=O) groups is 1. The highest BCUT2D eigenvalue weighted by Crippen LogP contribution is 2.33. The van der Waals surface area contributed by atoms with E-state index in [1.807, 2.05) is 6.92 Å². The first-order valence-electron chi connectivity index (χ1n) is 8.56. The van der Waals surface area contributed by atoms with E-state index in [2.05, 4.69) is 0 Å². The molecule has 1 unspecified atom stereocenters. The highest BCUT2D eigenvalue weighted by atomic mass is 16.5. The number of Topliss-reactive ketones (excluding diaryl/α,β-unsaturated/α-hetero) is 1. The highest BCUT2D eigenvalue weighted by Gasteiger charge is 2.38. The van der Waals surface area contributed by atoms with Gasteiger partial charge in [0.05, 0.1) is 6.10 Å². The summed E-state index contributed by atoms with van der Waals surface area (Å²) in [5, 5.41) is 0. The predicted octanol–water partition coefficient (Wildman–Crippen LogP) is 4.03. The summed E-state index contributed by atoms with van der Waals surface area (Å²) in [4.78, 5) is 12.7. The SMILES string of the molecule is CCOC1(C(=O)CCCC2CCCO2)CCCCCC1. The van der Waals surface area contributed by atoms with Crippen LogP contribution in [0.2, 0.25) is 0 Å². The van der Waals surface area contributed by atoms with Crippen molar-refractivity contribution in [3.63, 3.8) is 0 Å². The Labute approximate surface area is 123 Å². The van der Waals surface area contributed by atoms with E-state index < -0.39 is 5.60 Å². The van der Waals surface area contributed by atoms with Gasteiger partial charge in [0, 0.05) is 19.6 Å². The summed E-state index contributed by atoms with van der Waals surface area (Å²) in [6.07, 6.45) is 12.0. The lowest BCUT2D eigenvalue weighted by Gasteiger charge is -2.31. The van der Waals surface area contributed by atoms with Crippen LogP contribution in [-0.2, 0) is 14.3 Å². The smallest absolute Gasteiger partial charge is 0.164 e. The molecule has 1 heterocycles. The van der Waals surface area contributed by atoms with E-state index in [0.717, 1.165) is 45.1 Å². The fraction of sp³-hybridized carbons (Fsp3) is 0.941. The van der Waals surface area contributed by atoms with Crippen LogP contribution in [0.15, 0.2) is 0 Å². The fourth-order valence-corrected chi connectivity index (χ4v) is 3.67. The van der Waals surface area contributed by atoms with Crippen LogP contribution in [0.25, 0.3) is 0 Å². The van der Waals surface area contributed by atoms with E-state index in [0.29, 0.717) is 24.9 Å². The van der Waals surface area contributed by atoms with Crippen molar-refractivity contribution in [1.29, 1.82) is 0 Å². The lowest BCUT2D eigenvalue weighted by Crippen LogP contribution is -2.41. The third-order valence-corrected chi connectivity index (χ3v) is 4.79. The van der Waals surface area contributed by atoms with Crippen molar-refractivity contribution in [2.75, 3.05) is 13.2 Å². The molecule has 0 bridgehead atoms. The van der Waals surface area contributed by atoms with Crippen molar-refractivity contribution >= 4 is 5.78 Å². The van der Waals surface area contributed by atoms with Crippen molar-refractivity contribution in [1.82, 2.24) is 0 Å². The molecule has 1 aliphatic carbocycles. The van der Waals surface area contributed by atoms with Crippen LogP contribution in [0.3, 0.4) is 0 Å². The lowest BCUT2D eigenvalue weighted by atomic mass is 9.86. The maximum atomic E-state index is 12.7. The number of ether oxygens (including phenoxy) is 2. The minimum atomic E-state index is -0.457. The first-order valence-corrected chi connectivity index (χ1v) is 8.56. The van der Waals surface area contributed by atoms with Crippen LogP contribution in [0, 0.1) is 0 Å². The second-order valence-electron chi connectivity index (χ2n) is 6.29. The normalized spacial score (nSPS) is 26.4. The molecule has 0 aromatic rings. The molecule has 0 amide bonds. The largest absolute Gasteiger partial charge is 0.378 e. The van der Waals surface area contributed by atoms with Crippen LogP contribution in [0.4, 0.5) is 0 Å². The monoisotopic (exact) mass is 282 g/mol. The summed E-state index contributed by atoms with van der Waals surface area (Å²) >= 11 is 0. The van der Waals surface area contributed by atoms with Gasteiger partial charge in [-0.25, -0.2) is 0 Å². The molecule has 0 spiro atoms. The molecule has 0 aromatic heterocycles. The van der Waals surface area contributed by atoms with Gasteiger partial charge >= 0.3 is 0 Å². The average Bonchev–Trinajstić information content (AvgIpc) is 2.84. The fourth-order valence-electron chi connectivity index (χ4n) is 3.67. The van der Waals surface area contributed by atoms with Crippen LogP contribution in [0.1, 0.15) is 77.6 Å². The summed E-state index contributed by atoms with van der Waals surface area (Å²) in [6, 6.07) is 0. The van der Waals surface area contributed by atoms with Gasteiger partial charge in [0.2, 0.25) is 0 Å². The Morgan fingerprint density at radius 2 is 1.95 bits per heavy atom. The van der Waals surface area contributed by atoms with Gasteiger partial charge in [-0.3, -0.25) is 4.79 Å². The summed E-state index contributed by atoms with van der Waals surface area (Å²) in [5.41, 5.74) is -0.457. The Kier molecular flexibility index (Phi) is 6.50. The van der Waals surface area contributed by atoms with E-state index in [4.69, 9.17) is 9.47 Å². The van der Waals surface area contributed by atoms with E-state index in [-0.39, 0.29) is 0 Å². The number of hydrogen-bond acceptors (Lipinski definition) is 3. The zero-order valence-electron chi connectivity index (χ0n) is 13.0. The standard InChI is InChI=1S/C17H30O3/c1-2-20-17(12-5-3-4-6-13-17)16(18)11-7-9-15-10-8-14-19-15/h15H,2-14H2,1H3. The highest BCUT2D eigenvalue weighted by molar-refractivity contribution is 5.87. The molecule has 3 heteroatoms. The van der Waals surface area contributed by atoms with Crippen molar-refractivity contribution in [3.8, 4) is 0 Å². The number of carbonyl (C=O) groups excluding carboxylic acids is 1. The van der Waals surface area contributed by atoms with Gasteiger partial charge < -0.3 is 9.47 Å². The third kappa shape index (κ3) is 4.29. The van der Waals surface area contributed by atoms with Crippen LogP contribution < -0.4 is 0 Å². The molecule has 0 N–H and O–H groups in total. The molecule has 116 valence electrons. The predicted molar refractivity (Wildman–Crippen MR) is 79.9 cm³/mol. The Hall–Kier alpha value is -0.410. The van der Waals surface area contributed by atoms with E-state index in [1.165, 1.54) is 25.7 Å². The van der Waals surface area contributed by atoms with Gasteiger partial charge in [-0.15, -0.1) is 0 Å². The minimum Gasteiger partial charge on any atom is -0.378 e.